The van der Waals surface area contributed by atoms with Gasteiger partial charge < -0.3 is 19.3 Å². The number of likely N-dealkylation sites (tertiary alicyclic amines) is 2. The normalized spacial score (nSPS) is 23.4. The van der Waals surface area contributed by atoms with Crippen molar-refractivity contribution in [1.82, 2.24) is 24.3 Å². The smallest absolute Gasteiger partial charge is 0.226 e. The van der Waals surface area contributed by atoms with Crippen molar-refractivity contribution in [2.75, 3.05) is 53.9 Å². The summed E-state index contributed by atoms with van der Waals surface area (Å²) in [4.78, 5) is 24.0. The van der Waals surface area contributed by atoms with Crippen LogP contribution in [-0.2, 0) is 11.3 Å². The summed E-state index contributed by atoms with van der Waals surface area (Å²) in [6.07, 6.45) is 8.28. The van der Waals surface area contributed by atoms with Crippen molar-refractivity contribution in [2.24, 2.45) is 5.92 Å². The van der Waals surface area contributed by atoms with Gasteiger partial charge in [0, 0.05) is 51.0 Å². The highest BCUT2D eigenvalue weighted by Crippen LogP contribution is 2.28. The number of rotatable bonds is 5. The van der Waals surface area contributed by atoms with Gasteiger partial charge in [-0.2, -0.15) is 0 Å². The highest BCUT2D eigenvalue weighted by Gasteiger charge is 2.31. The van der Waals surface area contributed by atoms with Gasteiger partial charge in [0.1, 0.15) is 5.82 Å². The summed E-state index contributed by atoms with van der Waals surface area (Å²) in [5, 5.41) is 0. The molecule has 2 aliphatic rings. The number of carbonyl (C=O) groups is 1. The van der Waals surface area contributed by atoms with Gasteiger partial charge in [-0.25, -0.2) is 4.98 Å². The number of likely N-dealkylation sites (N-methyl/N-ethyl adjacent to an activating group) is 1. The van der Waals surface area contributed by atoms with Gasteiger partial charge in [-0.15, -0.1) is 0 Å². The Labute approximate surface area is 151 Å². The van der Waals surface area contributed by atoms with Crippen LogP contribution in [0.15, 0.2) is 12.4 Å². The lowest BCUT2D eigenvalue weighted by molar-refractivity contribution is -0.138. The molecule has 6 nitrogen and oxygen atoms in total. The van der Waals surface area contributed by atoms with Crippen LogP contribution >= 0.6 is 0 Å². The molecule has 3 rings (SSSR count). The molecule has 1 aromatic heterocycles. The van der Waals surface area contributed by atoms with Crippen molar-refractivity contribution < 1.29 is 4.79 Å². The minimum atomic E-state index is 0.206. The molecule has 1 aromatic rings. The Bertz CT molecular complexity index is 562. The number of hydrogen-bond acceptors (Lipinski definition) is 4. The SMILES string of the molecule is CN(C)CCn1ccnc1C1CCN(C(=O)[C@@H]2CCCN(C)C2)CC1. The third-order valence-corrected chi connectivity index (χ3v) is 5.68. The van der Waals surface area contributed by atoms with E-state index in [0.29, 0.717) is 11.8 Å². The number of nitrogens with zero attached hydrogens (tertiary/aromatic N) is 5. The maximum absolute atomic E-state index is 12.8. The summed E-state index contributed by atoms with van der Waals surface area (Å²) in [5.74, 6) is 2.26. The van der Waals surface area contributed by atoms with Crippen molar-refractivity contribution >= 4 is 5.91 Å². The van der Waals surface area contributed by atoms with Crippen LogP contribution in [0.3, 0.4) is 0 Å². The largest absolute Gasteiger partial charge is 0.342 e. The maximum atomic E-state index is 12.8. The average molecular weight is 348 g/mol. The first kappa shape index (κ1) is 18.4. The molecule has 2 aliphatic heterocycles. The van der Waals surface area contributed by atoms with E-state index in [1.165, 1.54) is 5.82 Å². The summed E-state index contributed by atoms with van der Waals surface area (Å²) in [5.41, 5.74) is 0. The molecule has 6 heteroatoms. The summed E-state index contributed by atoms with van der Waals surface area (Å²) in [6.45, 7) is 5.81. The first-order chi connectivity index (χ1) is 12.0. The molecule has 0 saturated carbocycles. The van der Waals surface area contributed by atoms with E-state index in [2.05, 4.69) is 51.6 Å². The van der Waals surface area contributed by atoms with Crippen molar-refractivity contribution in [1.29, 1.82) is 0 Å². The van der Waals surface area contributed by atoms with Gasteiger partial charge >= 0.3 is 0 Å². The second kappa shape index (κ2) is 8.32. The molecule has 140 valence electrons. The standard InChI is InChI=1S/C19H33N5O/c1-21(2)13-14-23-12-8-20-18(23)16-6-10-24(11-7-16)19(25)17-5-4-9-22(3)15-17/h8,12,16-17H,4-7,9-11,13-15H2,1-3H3/t17-/m1/s1. The number of hydrogen-bond donors (Lipinski definition) is 0. The molecule has 0 aliphatic carbocycles. The van der Waals surface area contributed by atoms with Crippen LogP contribution in [0.4, 0.5) is 0 Å². The van der Waals surface area contributed by atoms with Crippen molar-refractivity contribution in [2.45, 2.75) is 38.1 Å². The Morgan fingerprint density at radius 1 is 1.24 bits per heavy atom. The molecule has 1 atom stereocenters. The zero-order chi connectivity index (χ0) is 17.8. The number of amides is 1. The van der Waals surface area contributed by atoms with Crippen LogP contribution in [-0.4, -0.2) is 84.0 Å². The van der Waals surface area contributed by atoms with Crippen LogP contribution in [0, 0.1) is 5.92 Å². The molecule has 3 heterocycles. The Hall–Kier alpha value is -1.40. The van der Waals surface area contributed by atoms with Crippen LogP contribution in [0.1, 0.15) is 37.4 Å². The van der Waals surface area contributed by atoms with Crippen LogP contribution in [0.5, 0.6) is 0 Å². The predicted molar refractivity (Wildman–Crippen MR) is 99.6 cm³/mol. The van der Waals surface area contributed by atoms with Gasteiger partial charge in [-0.3, -0.25) is 4.79 Å². The van der Waals surface area contributed by atoms with Gasteiger partial charge in [-0.05, 0) is 53.4 Å². The monoisotopic (exact) mass is 347 g/mol. The van der Waals surface area contributed by atoms with E-state index in [0.717, 1.165) is 65.0 Å². The van der Waals surface area contributed by atoms with E-state index in [-0.39, 0.29) is 5.92 Å². The number of piperidine rings is 2. The Kier molecular flexibility index (Phi) is 6.12. The van der Waals surface area contributed by atoms with E-state index in [1.807, 2.05) is 6.20 Å². The van der Waals surface area contributed by atoms with E-state index in [9.17, 15) is 4.79 Å². The van der Waals surface area contributed by atoms with Gasteiger partial charge in [-0.1, -0.05) is 0 Å². The second-order valence-corrected chi connectivity index (χ2v) is 7.98. The van der Waals surface area contributed by atoms with E-state index >= 15 is 0 Å². The zero-order valence-electron chi connectivity index (χ0n) is 16.0. The Morgan fingerprint density at radius 2 is 2.00 bits per heavy atom. The fourth-order valence-electron chi connectivity index (χ4n) is 4.16. The summed E-state index contributed by atoms with van der Waals surface area (Å²) in [7, 11) is 6.33. The summed E-state index contributed by atoms with van der Waals surface area (Å²) in [6, 6.07) is 0. The highest BCUT2D eigenvalue weighted by atomic mass is 16.2. The molecule has 0 aromatic carbocycles. The van der Waals surface area contributed by atoms with Gasteiger partial charge in [0.2, 0.25) is 5.91 Å². The summed E-state index contributed by atoms with van der Waals surface area (Å²) >= 11 is 0. The lowest BCUT2D eigenvalue weighted by Gasteiger charge is -2.36. The lowest BCUT2D eigenvalue weighted by Crippen LogP contribution is -2.46. The van der Waals surface area contributed by atoms with Gasteiger partial charge in [0.25, 0.3) is 0 Å². The minimum absolute atomic E-state index is 0.206. The topological polar surface area (TPSA) is 44.6 Å². The zero-order valence-corrected chi connectivity index (χ0v) is 16.0. The molecular formula is C19H33N5O. The van der Waals surface area contributed by atoms with Crippen molar-refractivity contribution in [3.8, 4) is 0 Å². The third kappa shape index (κ3) is 4.61. The fraction of sp³-hybridized carbons (Fsp3) is 0.789. The molecule has 0 bridgehead atoms. The van der Waals surface area contributed by atoms with Crippen LogP contribution in [0.2, 0.25) is 0 Å². The van der Waals surface area contributed by atoms with Crippen molar-refractivity contribution in [3.63, 3.8) is 0 Å². The first-order valence-corrected chi connectivity index (χ1v) is 9.67. The molecule has 25 heavy (non-hydrogen) atoms. The molecule has 0 radical (unpaired) electrons. The fourth-order valence-corrected chi connectivity index (χ4v) is 4.16. The third-order valence-electron chi connectivity index (χ3n) is 5.68. The summed E-state index contributed by atoms with van der Waals surface area (Å²) < 4.78 is 2.29. The van der Waals surface area contributed by atoms with Gasteiger partial charge in [0.05, 0.1) is 5.92 Å². The predicted octanol–water partition coefficient (Wildman–Crippen LogP) is 1.49. The molecular weight excluding hydrogens is 314 g/mol. The molecule has 0 N–H and O–H groups in total. The molecule has 2 saturated heterocycles. The first-order valence-electron chi connectivity index (χ1n) is 9.67. The number of imidazole rings is 1. The number of carbonyl (C=O) groups excluding carboxylic acids is 1. The molecule has 0 unspecified atom stereocenters. The molecule has 1 amide bonds. The quantitative estimate of drug-likeness (QED) is 0.810. The Morgan fingerprint density at radius 3 is 2.68 bits per heavy atom. The molecule has 0 spiro atoms. The second-order valence-electron chi connectivity index (χ2n) is 7.98. The van der Waals surface area contributed by atoms with Crippen LogP contribution in [0.25, 0.3) is 0 Å². The van der Waals surface area contributed by atoms with E-state index < -0.39 is 0 Å². The number of aromatic nitrogens is 2. The van der Waals surface area contributed by atoms with E-state index in [1.54, 1.807) is 0 Å². The highest BCUT2D eigenvalue weighted by molar-refractivity contribution is 5.79. The van der Waals surface area contributed by atoms with Crippen LogP contribution < -0.4 is 0 Å². The molecule has 2 fully saturated rings. The maximum Gasteiger partial charge on any atom is 0.226 e. The van der Waals surface area contributed by atoms with Gasteiger partial charge in [0.15, 0.2) is 0 Å². The minimum Gasteiger partial charge on any atom is -0.342 e. The Balaban J connectivity index is 1.53. The van der Waals surface area contributed by atoms with E-state index in [4.69, 9.17) is 0 Å². The van der Waals surface area contributed by atoms with Crippen molar-refractivity contribution in [3.05, 3.63) is 18.2 Å². The lowest BCUT2D eigenvalue weighted by atomic mass is 9.92. The average Bonchev–Trinajstić information content (AvgIpc) is 3.08.